The lowest BCUT2D eigenvalue weighted by Crippen LogP contribution is -2.39. The zero-order chi connectivity index (χ0) is 24.3. The Labute approximate surface area is 189 Å². The Morgan fingerprint density at radius 1 is 1.22 bits per heavy atom. The molecule has 0 aliphatic carbocycles. The van der Waals surface area contributed by atoms with E-state index in [9.17, 15) is 36.5 Å². The lowest BCUT2D eigenvalue weighted by atomic mass is 10.2. The zero-order valence-electron chi connectivity index (χ0n) is 15.9. The van der Waals surface area contributed by atoms with E-state index in [1.54, 1.807) is 0 Å². The third-order valence-corrected chi connectivity index (χ3v) is 5.63. The minimum absolute atomic E-state index is 0.0900. The number of amides is 1. The van der Waals surface area contributed by atoms with Gasteiger partial charge in [0.05, 0.1) is 33.7 Å². The van der Waals surface area contributed by atoms with Crippen LogP contribution in [-0.4, -0.2) is 38.3 Å². The lowest BCUT2D eigenvalue weighted by Gasteiger charge is -2.22. The number of nitro benzene ring substituents is 1. The average Bonchev–Trinajstić information content (AvgIpc) is 2.66. The van der Waals surface area contributed by atoms with Crippen molar-refractivity contribution in [1.82, 2.24) is 5.43 Å². The van der Waals surface area contributed by atoms with Crippen molar-refractivity contribution in [3.8, 4) is 0 Å². The maximum Gasteiger partial charge on any atom is 0.417 e. The molecule has 0 saturated heterocycles. The summed E-state index contributed by atoms with van der Waals surface area (Å²) < 4.78 is 63.8. The molecule has 2 rings (SSSR count). The fourth-order valence-electron chi connectivity index (χ4n) is 2.37. The molecule has 9 nitrogen and oxygen atoms in total. The van der Waals surface area contributed by atoms with E-state index in [1.165, 1.54) is 6.07 Å². The number of rotatable bonds is 7. The number of hydrogen-bond donors (Lipinski definition) is 1. The largest absolute Gasteiger partial charge is 0.417 e. The molecule has 2 aromatic carbocycles. The first-order valence-corrected chi connectivity index (χ1v) is 10.9. The minimum atomic E-state index is -4.85. The molecule has 0 unspecified atom stereocenters. The Kier molecular flexibility index (Phi) is 7.70. The molecule has 0 saturated carbocycles. The molecule has 0 aliphatic rings. The van der Waals surface area contributed by atoms with Crippen molar-refractivity contribution in [3.63, 3.8) is 0 Å². The normalized spacial score (nSPS) is 12.1. The van der Waals surface area contributed by atoms with Crippen molar-refractivity contribution >= 4 is 56.7 Å². The van der Waals surface area contributed by atoms with E-state index < -0.39 is 49.8 Å². The van der Waals surface area contributed by atoms with Gasteiger partial charge in [-0.25, -0.2) is 13.8 Å². The molecule has 0 bridgehead atoms. The SMILES string of the molecule is CS(=O)(=O)N(CC(=O)N/N=C\c1cc([N+](=O)[O-])ccc1Cl)c1ccc(Cl)c(C(F)(F)F)c1. The van der Waals surface area contributed by atoms with Crippen LogP contribution >= 0.6 is 23.2 Å². The van der Waals surface area contributed by atoms with Gasteiger partial charge in [-0.05, 0) is 24.3 Å². The van der Waals surface area contributed by atoms with Gasteiger partial charge in [-0.1, -0.05) is 23.2 Å². The van der Waals surface area contributed by atoms with Gasteiger partial charge in [-0.15, -0.1) is 0 Å². The van der Waals surface area contributed by atoms with Crippen LogP contribution in [0.25, 0.3) is 0 Å². The second-order valence-electron chi connectivity index (χ2n) is 6.19. The van der Waals surface area contributed by atoms with Crippen molar-refractivity contribution in [2.75, 3.05) is 17.1 Å². The summed E-state index contributed by atoms with van der Waals surface area (Å²) in [4.78, 5) is 22.3. The number of hydrazone groups is 1. The first kappa shape index (κ1) is 25.4. The van der Waals surface area contributed by atoms with Gasteiger partial charge in [-0.2, -0.15) is 18.3 Å². The number of carbonyl (C=O) groups is 1. The maximum atomic E-state index is 13.1. The van der Waals surface area contributed by atoms with Crippen LogP contribution < -0.4 is 9.73 Å². The molecule has 1 N–H and O–H groups in total. The predicted molar refractivity (Wildman–Crippen MR) is 112 cm³/mol. The third-order valence-electron chi connectivity index (χ3n) is 3.81. The molecule has 0 radical (unpaired) electrons. The van der Waals surface area contributed by atoms with Crippen molar-refractivity contribution in [2.24, 2.45) is 5.10 Å². The van der Waals surface area contributed by atoms with Crippen LogP contribution in [0.2, 0.25) is 10.0 Å². The van der Waals surface area contributed by atoms with E-state index in [1.807, 2.05) is 5.43 Å². The van der Waals surface area contributed by atoms with E-state index in [0.717, 1.165) is 30.5 Å². The standard InChI is InChI=1S/C17H13Cl2F3N4O5S/c1-32(30,31)25(11-2-5-15(19)13(7-11)17(20,21)22)9-16(27)24-23-8-10-6-12(26(28)29)3-4-14(10)18/h2-8H,9H2,1H3,(H,24,27)/b23-8-. The summed E-state index contributed by atoms with van der Waals surface area (Å²) in [5, 5.41) is 13.8. The van der Waals surface area contributed by atoms with E-state index in [0.29, 0.717) is 16.6 Å². The van der Waals surface area contributed by atoms with Crippen LogP contribution in [0.3, 0.4) is 0 Å². The van der Waals surface area contributed by atoms with Crippen LogP contribution in [-0.2, 0) is 21.0 Å². The van der Waals surface area contributed by atoms with Crippen molar-refractivity contribution in [1.29, 1.82) is 0 Å². The Bertz CT molecular complexity index is 1190. The second kappa shape index (κ2) is 9.71. The Morgan fingerprint density at radius 2 is 1.84 bits per heavy atom. The van der Waals surface area contributed by atoms with Gasteiger partial charge < -0.3 is 0 Å². The fourth-order valence-corrected chi connectivity index (χ4v) is 3.61. The molecule has 0 atom stereocenters. The maximum absolute atomic E-state index is 13.1. The number of non-ortho nitro benzene ring substituents is 1. The molecule has 0 aliphatic heterocycles. The molecule has 0 aromatic heterocycles. The lowest BCUT2D eigenvalue weighted by molar-refractivity contribution is -0.384. The van der Waals surface area contributed by atoms with Gasteiger partial charge in [-0.3, -0.25) is 19.2 Å². The quantitative estimate of drug-likeness (QED) is 0.343. The molecule has 0 spiro atoms. The Balaban J connectivity index is 2.23. The second-order valence-corrected chi connectivity index (χ2v) is 8.91. The molecule has 32 heavy (non-hydrogen) atoms. The number of nitrogens with one attached hydrogen (secondary N) is 1. The van der Waals surface area contributed by atoms with E-state index >= 15 is 0 Å². The van der Waals surface area contributed by atoms with Crippen LogP contribution in [0.5, 0.6) is 0 Å². The Morgan fingerprint density at radius 3 is 2.41 bits per heavy atom. The van der Waals surface area contributed by atoms with Crippen LogP contribution in [0.15, 0.2) is 41.5 Å². The summed E-state index contributed by atoms with van der Waals surface area (Å²) in [5.74, 6) is -1.00. The van der Waals surface area contributed by atoms with E-state index in [2.05, 4.69) is 5.10 Å². The fraction of sp³-hybridized carbons (Fsp3) is 0.176. The number of sulfonamides is 1. The molecular weight excluding hydrogens is 500 g/mol. The summed E-state index contributed by atoms with van der Waals surface area (Å²) in [5.41, 5.74) is 0.0772. The molecule has 0 fully saturated rings. The average molecular weight is 513 g/mol. The number of benzene rings is 2. The summed E-state index contributed by atoms with van der Waals surface area (Å²) in [6.45, 7) is -0.905. The van der Waals surface area contributed by atoms with Crippen LogP contribution in [0.4, 0.5) is 24.5 Å². The first-order chi connectivity index (χ1) is 14.7. The molecule has 0 heterocycles. The summed E-state index contributed by atoms with van der Waals surface area (Å²) in [7, 11) is -4.17. The van der Waals surface area contributed by atoms with Gasteiger partial charge in [0, 0.05) is 22.7 Å². The summed E-state index contributed by atoms with van der Waals surface area (Å²) >= 11 is 11.4. The molecule has 15 heteroatoms. The first-order valence-electron chi connectivity index (χ1n) is 8.30. The number of nitro groups is 1. The highest BCUT2D eigenvalue weighted by Gasteiger charge is 2.34. The highest BCUT2D eigenvalue weighted by molar-refractivity contribution is 7.92. The van der Waals surface area contributed by atoms with Gasteiger partial charge >= 0.3 is 6.18 Å². The zero-order valence-corrected chi connectivity index (χ0v) is 18.3. The molecule has 172 valence electrons. The van der Waals surface area contributed by atoms with Gasteiger partial charge in [0.25, 0.3) is 11.6 Å². The van der Waals surface area contributed by atoms with E-state index in [-0.39, 0.29) is 16.3 Å². The summed E-state index contributed by atoms with van der Waals surface area (Å²) in [6, 6.07) is 5.86. The summed E-state index contributed by atoms with van der Waals surface area (Å²) in [6.07, 6.45) is -3.16. The number of nitrogens with zero attached hydrogens (tertiary/aromatic N) is 3. The highest BCUT2D eigenvalue weighted by atomic mass is 35.5. The molecule has 2 aromatic rings. The van der Waals surface area contributed by atoms with Crippen molar-refractivity contribution in [3.05, 3.63) is 67.7 Å². The Hall–Kier alpha value is -2.90. The van der Waals surface area contributed by atoms with Gasteiger partial charge in [0.2, 0.25) is 10.0 Å². The smallest absolute Gasteiger partial charge is 0.271 e. The van der Waals surface area contributed by atoms with Crippen LogP contribution in [0, 0.1) is 10.1 Å². The van der Waals surface area contributed by atoms with Crippen molar-refractivity contribution < 1.29 is 31.3 Å². The van der Waals surface area contributed by atoms with Crippen LogP contribution in [0.1, 0.15) is 11.1 Å². The predicted octanol–water partition coefficient (Wildman–Crippen LogP) is 3.84. The van der Waals surface area contributed by atoms with Gasteiger partial charge in [0.15, 0.2) is 0 Å². The number of halogens is 5. The number of carbonyl (C=O) groups excluding carboxylic acids is 1. The molecular formula is C17H13Cl2F3N4O5S. The number of hydrogen-bond acceptors (Lipinski definition) is 6. The number of anilines is 1. The highest BCUT2D eigenvalue weighted by Crippen LogP contribution is 2.37. The topological polar surface area (TPSA) is 122 Å². The molecule has 1 amide bonds. The van der Waals surface area contributed by atoms with Crippen molar-refractivity contribution in [2.45, 2.75) is 6.18 Å². The minimum Gasteiger partial charge on any atom is -0.271 e. The number of alkyl halides is 3. The monoisotopic (exact) mass is 512 g/mol. The third kappa shape index (κ3) is 6.55. The van der Waals surface area contributed by atoms with E-state index in [4.69, 9.17) is 23.2 Å². The van der Waals surface area contributed by atoms with Gasteiger partial charge in [0.1, 0.15) is 6.54 Å².